The van der Waals surface area contributed by atoms with Gasteiger partial charge in [-0.25, -0.2) is 4.79 Å². The van der Waals surface area contributed by atoms with Crippen molar-refractivity contribution in [2.45, 2.75) is 58.7 Å². The first-order valence-electron chi connectivity index (χ1n) is 9.95. The van der Waals surface area contributed by atoms with Gasteiger partial charge in [0.15, 0.2) is 0 Å². The molecule has 0 bridgehead atoms. The third-order valence-electron chi connectivity index (χ3n) is 4.94. The van der Waals surface area contributed by atoms with Crippen molar-refractivity contribution in [1.82, 2.24) is 20.0 Å². The maximum atomic E-state index is 13.0. The van der Waals surface area contributed by atoms with Gasteiger partial charge in [-0.3, -0.25) is 4.79 Å². The number of ether oxygens (including phenoxy) is 2. The Kier molecular flexibility index (Phi) is 6.05. The van der Waals surface area contributed by atoms with E-state index in [1.807, 2.05) is 38.7 Å². The van der Waals surface area contributed by atoms with E-state index in [0.29, 0.717) is 32.1 Å². The Labute approximate surface area is 166 Å². The van der Waals surface area contributed by atoms with Gasteiger partial charge in [0.05, 0.1) is 18.2 Å². The lowest BCUT2D eigenvalue weighted by Crippen LogP contribution is -2.47. The normalized spacial score (nSPS) is 22.9. The summed E-state index contributed by atoms with van der Waals surface area (Å²) in [5, 5.41) is 8.02. The van der Waals surface area contributed by atoms with Crippen LogP contribution in [0.25, 0.3) is 0 Å². The molecule has 2 unspecified atom stereocenters. The summed E-state index contributed by atoms with van der Waals surface area (Å²) in [7, 11) is 0. The SMILES string of the molecule is Cc1ccc(OC2CCN(C(=O)C3CCCN(C(=O)OC(C)(C)C)C3)C2)nn1. The molecular formula is C20H30N4O4. The Morgan fingerprint density at radius 3 is 2.54 bits per heavy atom. The molecule has 2 saturated heterocycles. The number of aryl methyl sites for hydroxylation is 1. The highest BCUT2D eigenvalue weighted by molar-refractivity contribution is 5.80. The summed E-state index contributed by atoms with van der Waals surface area (Å²) in [6, 6.07) is 3.65. The van der Waals surface area contributed by atoms with Gasteiger partial charge in [0.1, 0.15) is 11.7 Å². The zero-order chi connectivity index (χ0) is 20.3. The van der Waals surface area contributed by atoms with Crippen molar-refractivity contribution < 1.29 is 19.1 Å². The molecule has 0 N–H and O–H groups in total. The first-order chi connectivity index (χ1) is 13.2. The molecule has 2 aliphatic heterocycles. The molecule has 3 heterocycles. The molecule has 1 aromatic rings. The Balaban J connectivity index is 1.52. The van der Waals surface area contributed by atoms with Crippen LogP contribution in [0.5, 0.6) is 5.88 Å². The minimum absolute atomic E-state index is 0.0773. The zero-order valence-corrected chi connectivity index (χ0v) is 17.2. The van der Waals surface area contributed by atoms with E-state index in [-0.39, 0.29) is 24.0 Å². The van der Waals surface area contributed by atoms with Crippen molar-refractivity contribution in [3.63, 3.8) is 0 Å². The van der Waals surface area contributed by atoms with Crippen molar-refractivity contribution in [2.75, 3.05) is 26.2 Å². The summed E-state index contributed by atoms with van der Waals surface area (Å²) in [6.45, 7) is 9.66. The van der Waals surface area contributed by atoms with Crippen LogP contribution in [0, 0.1) is 12.8 Å². The fourth-order valence-electron chi connectivity index (χ4n) is 3.57. The van der Waals surface area contributed by atoms with Crippen LogP contribution in [-0.4, -0.2) is 69.9 Å². The molecule has 2 aliphatic rings. The number of hydrogen-bond acceptors (Lipinski definition) is 6. The van der Waals surface area contributed by atoms with E-state index in [1.165, 1.54) is 0 Å². The highest BCUT2D eigenvalue weighted by Gasteiger charge is 2.36. The molecular weight excluding hydrogens is 360 g/mol. The summed E-state index contributed by atoms with van der Waals surface area (Å²) in [6.07, 6.45) is 1.95. The molecule has 2 atom stereocenters. The van der Waals surface area contributed by atoms with Gasteiger partial charge >= 0.3 is 6.09 Å². The standard InChI is InChI=1S/C20H30N4O4/c1-14-7-8-17(22-21-14)27-16-9-11-23(13-16)18(25)15-6-5-10-24(12-15)19(26)28-20(2,3)4/h7-8,15-16H,5-6,9-13H2,1-4H3. The van der Waals surface area contributed by atoms with E-state index in [0.717, 1.165) is 25.0 Å². The van der Waals surface area contributed by atoms with Crippen LogP contribution in [0.1, 0.15) is 45.7 Å². The number of amides is 2. The van der Waals surface area contributed by atoms with Crippen molar-refractivity contribution in [2.24, 2.45) is 5.92 Å². The van der Waals surface area contributed by atoms with Crippen molar-refractivity contribution in [3.8, 4) is 5.88 Å². The number of carbonyl (C=O) groups is 2. The van der Waals surface area contributed by atoms with Crippen LogP contribution in [0.3, 0.4) is 0 Å². The average molecular weight is 390 g/mol. The molecule has 28 heavy (non-hydrogen) atoms. The van der Waals surface area contributed by atoms with Crippen molar-refractivity contribution in [3.05, 3.63) is 17.8 Å². The van der Waals surface area contributed by atoms with E-state index in [2.05, 4.69) is 10.2 Å². The largest absolute Gasteiger partial charge is 0.471 e. The number of likely N-dealkylation sites (tertiary alicyclic amines) is 2. The third kappa shape index (κ3) is 5.33. The zero-order valence-electron chi connectivity index (χ0n) is 17.2. The third-order valence-corrected chi connectivity index (χ3v) is 4.94. The number of piperidine rings is 1. The highest BCUT2D eigenvalue weighted by Crippen LogP contribution is 2.24. The second-order valence-corrected chi connectivity index (χ2v) is 8.59. The van der Waals surface area contributed by atoms with Crippen LogP contribution in [0.4, 0.5) is 4.79 Å². The van der Waals surface area contributed by atoms with E-state index in [1.54, 1.807) is 11.0 Å². The van der Waals surface area contributed by atoms with Crippen LogP contribution < -0.4 is 4.74 Å². The Bertz CT molecular complexity index is 701. The molecule has 0 radical (unpaired) electrons. The van der Waals surface area contributed by atoms with E-state index in [4.69, 9.17) is 9.47 Å². The molecule has 8 nitrogen and oxygen atoms in total. The van der Waals surface area contributed by atoms with Gasteiger partial charge in [0, 0.05) is 32.1 Å². The molecule has 2 amide bonds. The number of nitrogens with zero attached hydrogens (tertiary/aromatic N) is 4. The molecule has 3 rings (SSSR count). The minimum atomic E-state index is -0.535. The summed E-state index contributed by atoms with van der Waals surface area (Å²) in [5.74, 6) is 0.396. The topological polar surface area (TPSA) is 84.9 Å². The van der Waals surface area contributed by atoms with Crippen LogP contribution in [0.2, 0.25) is 0 Å². The summed E-state index contributed by atoms with van der Waals surface area (Å²) in [4.78, 5) is 28.8. The van der Waals surface area contributed by atoms with E-state index >= 15 is 0 Å². The number of carbonyl (C=O) groups excluding carboxylic acids is 2. The first kappa shape index (κ1) is 20.4. The first-order valence-corrected chi connectivity index (χ1v) is 9.95. The lowest BCUT2D eigenvalue weighted by molar-refractivity contribution is -0.136. The van der Waals surface area contributed by atoms with E-state index in [9.17, 15) is 9.59 Å². The molecule has 0 aromatic carbocycles. The number of hydrogen-bond donors (Lipinski definition) is 0. The number of aromatic nitrogens is 2. The fourth-order valence-corrected chi connectivity index (χ4v) is 3.57. The predicted molar refractivity (Wildman–Crippen MR) is 103 cm³/mol. The molecule has 0 saturated carbocycles. The molecule has 2 fully saturated rings. The monoisotopic (exact) mass is 390 g/mol. The fraction of sp³-hybridized carbons (Fsp3) is 0.700. The smallest absolute Gasteiger partial charge is 0.410 e. The van der Waals surface area contributed by atoms with Gasteiger partial charge in [0.25, 0.3) is 0 Å². The maximum absolute atomic E-state index is 13.0. The summed E-state index contributed by atoms with van der Waals surface area (Å²) < 4.78 is 11.3. The van der Waals surface area contributed by atoms with Crippen LogP contribution in [-0.2, 0) is 9.53 Å². The highest BCUT2D eigenvalue weighted by atomic mass is 16.6. The quantitative estimate of drug-likeness (QED) is 0.788. The van der Waals surface area contributed by atoms with E-state index < -0.39 is 5.60 Å². The molecule has 154 valence electrons. The maximum Gasteiger partial charge on any atom is 0.410 e. The predicted octanol–water partition coefficient (Wildman–Crippen LogP) is 2.41. The van der Waals surface area contributed by atoms with Gasteiger partial charge < -0.3 is 19.3 Å². The van der Waals surface area contributed by atoms with Crippen LogP contribution >= 0.6 is 0 Å². The second kappa shape index (κ2) is 8.32. The van der Waals surface area contributed by atoms with Gasteiger partial charge in [-0.2, -0.15) is 5.10 Å². The number of rotatable bonds is 3. The minimum Gasteiger partial charge on any atom is -0.471 e. The second-order valence-electron chi connectivity index (χ2n) is 8.59. The van der Waals surface area contributed by atoms with Crippen LogP contribution in [0.15, 0.2) is 12.1 Å². The van der Waals surface area contributed by atoms with Crippen molar-refractivity contribution in [1.29, 1.82) is 0 Å². The summed E-state index contributed by atoms with van der Waals surface area (Å²) in [5.41, 5.74) is 0.300. The van der Waals surface area contributed by atoms with Gasteiger partial charge in [-0.15, -0.1) is 5.10 Å². The molecule has 0 spiro atoms. The van der Waals surface area contributed by atoms with Gasteiger partial charge in [0.2, 0.25) is 11.8 Å². The lowest BCUT2D eigenvalue weighted by atomic mass is 9.97. The van der Waals surface area contributed by atoms with Gasteiger partial charge in [-0.05, 0) is 46.6 Å². The van der Waals surface area contributed by atoms with Gasteiger partial charge in [-0.1, -0.05) is 0 Å². The Morgan fingerprint density at radius 1 is 1.07 bits per heavy atom. The lowest BCUT2D eigenvalue weighted by Gasteiger charge is -2.35. The van der Waals surface area contributed by atoms with Crippen molar-refractivity contribution >= 4 is 12.0 Å². The molecule has 8 heteroatoms. The molecule has 0 aliphatic carbocycles. The average Bonchev–Trinajstić information content (AvgIpc) is 3.10. The Morgan fingerprint density at radius 2 is 1.86 bits per heavy atom. The Hall–Kier alpha value is -2.38. The summed E-state index contributed by atoms with van der Waals surface area (Å²) >= 11 is 0. The molecule has 1 aromatic heterocycles.